The molecular weight excluding hydrogens is 214 g/mol. The molecule has 2 atom stereocenters. The van der Waals surface area contributed by atoms with Crippen LogP contribution in [0.4, 0.5) is 0 Å². The van der Waals surface area contributed by atoms with Gasteiger partial charge in [-0.05, 0) is 19.3 Å². The zero-order valence-corrected chi connectivity index (χ0v) is 11.5. The van der Waals surface area contributed by atoms with Gasteiger partial charge in [0, 0.05) is 23.8 Å². The lowest BCUT2D eigenvalue weighted by Crippen LogP contribution is -2.45. The molecule has 0 radical (unpaired) electrons. The maximum Gasteiger partial charge on any atom is 0.225 e. The van der Waals surface area contributed by atoms with E-state index in [0.29, 0.717) is 12.2 Å². The van der Waals surface area contributed by atoms with Crippen LogP contribution >= 0.6 is 0 Å². The van der Waals surface area contributed by atoms with E-state index in [1.54, 1.807) is 0 Å². The molecule has 1 saturated carbocycles. The van der Waals surface area contributed by atoms with E-state index in [1.807, 2.05) is 20.8 Å². The fourth-order valence-electron chi connectivity index (χ4n) is 2.25. The number of carbonyl (C=O) groups excluding carboxylic acids is 2. The number of amides is 1. The van der Waals surface area contributed by atoms with Crippen molar-refractivity contribution in [2.45, 2.75) is 65.8 Å². The molecule has 17 heavy (non-hydrogen) atoms. The van der Waals surface area contributed by atoms with Crippen molar-refractivity contribution >= 4 is 11.7 Å². The van der Waals surface area contributed by atoms with Crippen molar-refractivity contribution in [1.29, 1.82) is 0 Å². The third-order valence-electron chi connectivity index (χ3n) is 3.42. The van der Waals surface area contributed by atoms with Crippen LogP contribution in [0.3, 0.4) is 0 Å². The third kappa shape index (κ3) is 4.14. The Morgan fingerprint density at radius 1 is 1.35 bits per heavy atom. The van der Waals surface area contributed by atoms with Gasteiger partial charge < -0.3 is 5.32 Å². The number of ketones is 1. The van der Waals surface area contributed by atoms with Crippen LogP contribution < -0.4 is 5.32 Å². The first-order valence-electron chi connectivity index (χ1n) is 6.68. The van der Waals surface area contributed by atoms with Crippen molar-refractivity contribution < 1.29 is 9.59 Å². The molecule has 1 rings (SSSR count). The lowest BCUT2D eigenvalue weighted by Gasteiger charge is -2.30. The highest BCUT2D eigenvalue weighted by molar-refractivity contribution is 5.85. The molecule has 1 fully saturated rings. The molecule has 3 heteroatoms. The van der Waals surface area contributed by atoms with Gasteiger partial charge in [0.15, 0.2) is 0 Å². The Labute approximate surface area is 104 Å². The molecule has 1 aliphatic rings. The maximum atomic E-state index is 11.9. The summed E-state index contributed by atoms with van der Waals surface area (Å²) >= 11 is 0. The minimum absolute atomic E-state index is 0.0456. The van der Waals surface area contributed by atoms with Crippen molar-refractivity contribution in [3.8, 4) is 0 Å². The summed E-state index contributed by atoms with van der Waals surface area (Å²) in [7, 11) is 0. The van der Waals surface area contributed by atoms with E-state index in [4.69, 9.17) is 0 Å². The molecule has 0 saturated heterocycles. The van der Waals surface area contributed by atoms with Crippen LogP contribution in [0.2, 0.25) is 0 Å². The van der Waals surface area contributed by atoms with Gasteiger partial charge in [0.2, 0.25) is 5.91 Å². The van der Waals surface area contributed by atoms with Gasteiger partial charge in [-0.2, -0.15) is 0 Å². The van der Waals surface area contributed by atoms with Crippen LogP contribution in [-0.4, -0.2) is 17.7 Å². The largest absolute Gasteiger partial charge is 0.352 e. The molecule has 0 bridgehead atoms. The standard InChI is InChI=1S/C14H25NO2/c1-5-6-10-7-8-11(9-12(10)16)15-13(17)14(2,3)4/h10-11H,5-9H2,1-4H3,(H,15,17). The zero-order chi connectivity index (χ0) is 13.1. The normalized spacial score (nSPS) is 25.8. The van der Waals surface area contributed by atoms with Gasteiger partial charge in [0.1, 0.15) is 5.78 Å². The van der Waals surface area contributed by atoms with E-state index in [0.717, 1.165) is 25.7 Å². The van der Waals surface area contributed by atoms with Crippen molar-refractivity contribution in [3.05, 3.63) is 0 Å². The second kappa shape index (κ2) is 5.65. The summed E-state index contributed by atoms with van der Waals surface area (Å²) in [5.74, 6) is 0.615. The van der Waals surface area contributed by atoms with Gasteiger partial charge >= 0.3 is 0 Å². The molecule has 1 N–H and O–H groups in total. The number of carbonyl (C=O) groups is 2. The Kier molecular flexibility index (Phi) is 4.72. The summed E-state index contributed by atoms with van der Waals surface area (Å²) in [5, 5.41) is 2.99. The van der Waals surface area contributed by atoms with Crippen LogP contribution in [0, 0.1) is 11.3 Å². The summed E-state index contributed by atoms with van der Waals surface area (Å²) in [5.41, 5.74) is -0.372. The Morgan fingerprint density at radius 2 is 2.00 bits per heavy atom. The molecule has 1 amide bonds. The molecule has 0 aromatic carbocycles. The van der Waals surface area contributed by atoms with E-state index in [-0.39, 0.29) is 23.3 Å². The SMILES string of the molecule is CCCC1CCC(NC(=O)C(C)(C)C)CC1=O. The maximum absolute atomic E-state index is 11.9. The van der Waals surface area contributed by atoms with Crippen molar-refractivity contribution in [2.75, 3.05) is 0 Å². The van der Waals surface area contributed by atoms with Gasteiger partial charge in [-0.1, -0.05) is 34.1 Å². The Balaban J connectivity index is 2.45. The summed E-state index contributed by atoms with van der Waals surface area (Å²) in [6.45, 7) is 7.80. The quantitative estimate of drug-likeness (QED) is 0.823. The molecule has 1 aliphatic carbocycles. The van der Waals surface area contributed by atoms with Crippen LogP contribution in [0.15, 0.2) is 0 Å². The average Bonchev–Trinajstić information content (AvgIpc) is 2.21. The molecule has 0 aromatic heterocycles. The van der Waals surface area contributed by atoms with Crippen molar-refractivity contribution in [2.24, 2.45) is 11.3 Å². The first-order chi connectivity index (χ1) is 7.84. The smallest absolute Gasteiger partial charge is 0.225 e. The van der Waals surface area contributed by atoms with E-state index in [1.165, 1.54) is 0 Å². The number of nitrogens with one attached hydrogen (secondary N) is 1. The summed E-state index contributed by atoms with van der Waals surface area (Å²) in [6.07, 6.45) is 4.46. The van der Waals surface area contributed by atoms with Gasteiger partial charge in [-0.25, -0.2) is 0 Å². The summed E-state index contributed by atoms with van der Waals surface area (Å²) in [4.78, 5) is 23.7. The highest BCUT2D eigenvalue weighted by Crippen LogP contribution is 2.25. The molecule has 3 nitrogen and oxygen atoms in total. The molecule has 0 heterocycles. The van der Waals surface area contributed by atoms with Crippen molar-refractivity contribution in [1.82, 2.24) is 5.32 Å². The topological polar surface area (TPSA) is 46.2 Å². The third-order valence-corrected chi connectivity index (χ3v) is 3.42. The fraction of sp³-hybridized carbons (Fsp3) is 0.857. The highest BCUT2D eigenvalue weighted by Gasteiger charge is 2.31. The van der Waals surface area contributed by atoms with E-state index in [2.05, 4.69) is 12.2 Å². The van der Waals surface area contributed by atoms with Gasteiger partial charge in [0.25, 0.3) is 0 Å². The first-order valence-corrected chi connectivity index (χ1v) is 6.68. The number of Topliss-reactive ketones (excluding diaryl/α,β-unsaturated/α-hetero) is 1. The van der Waals surface area contributed by atoms with Gasteiger partial charge in [0.05, 0.1) is 0 Å². The van der Waals surface area contributed by atoms with Crippen molar-refractivity contribution in [3.63, 3.8) is 0 Å². The fourth-order valence-corrected chi connectivity index (χ4v) is 2.25. The minimum atomic E-state index is -0.372. The number of hydrogen-bond donors (Lipinski definition) is 1. The predicted octanol–water partition coefficient (Wildman–Crippen LogP) is 2.69. The molecular formula is C14H25NO2. The van der Waals surface area contributed by atoms with E-state index < -0.39 is 0 Å². The summed E-state index contributed by atoms with van der Waals surface area (Å²) in [6, 6.07) is 0.0577. The lowest BCUT2D eigenvalue weighted by atomic mass is 9.82. The van der Waals surface area contributed by atoms with Crippen LogP contribution in [0.5, 0.6) is 0 Å². The molecule has 0 aromatic rings. The minimum Gasteiger partial charge on any atom is -0.352 e. The Hall–Kier alpha value is -0.860. The zero-order valence-electron chi connectivity index (χ0n) is 11.5. The molecule has 0 aliphatic heterocycles. The number of rotatable bonds is 3. The highest BCUT2D eigenvalue weighted by atomic mass is 16.2. The second-order valence-corrected chi connectivity index (χ2v) is 6.15. The average molecular weight is 239 g/mol. The monoisotopic (exact) mass is 239 g/mol. The van der Waals surface area contributed by atoms with Crippen LogP contribution in [0.1, 0.15) is 59.8 Å². The van der Waals surface area contributed by atoms with E-state index in [9.17, 15) is 9.59 Å². The Morgan fingerprint density at radius 3 is 2.47 bits per heavy atom. The summed E-state index contributed by atoms with van der Waals surface area (Å²) < 4.78 is 0. The van der Waals surface area contributed by atoms with Gasteiger partial charge in [-0.3, -0.25) is 9.59 Å². The molecule has 2 unspecified atom stereocenters. The van der Waals surface area contributed by atoms with E-state index >= 15 is 0 Å². The van der Waals surface area contributed by atoms with Crippen LogP contribution in [-0.2, 0) is 9.59 Å². The predicted molar refractivity (Wildman–Crippen MR) is 68.6 cm³/mol. The molecule has 0 spiro atoms. The number of hydrogen-bond acceptors (Lipinski definition) is 2. The lowest BCUT2D eigenvalue weighted by molar-refractivity contribution is -0.131. The first kappa shape index (κ1) is 14.2. The Bertz CT molecular complexity index is 291. The van der Waals surface area contributed by atoms with Crippen LogP contribution in [0.25, 0.3) is 0 Å². The molecule has 98 valence electrons. The second-order valence-electron chi connectivity index (χ2n) is 6.15. The van der Waals surface area contributed by atoms with Gasteiger partial charge in [-0.15, -0.1) is 0 Å².